The lowest BCUT2D eigenvalue weighted by atomic mass is 10.2. The van der Waals surface area contributed by atoms with Crippen LogP contribution < -0.4 is 9.80 Å². The zero-order chi connectivity index (χ0) is 16.2. The summed E-state index contributed by atoms with van der Waals surface area (Å²) < 4.78 is 5.47. The van der Waals surface area contributed by atoms with E-state index in [2.05, 4.69) is 35.7 Å². The maximum absolute atomic E-state index is 5.47. The van der Waals surface area contributed by atoms with Crippen molar-refractivity contribution in [1.82, 2.24) is 4.98 Å². The molecule has 0 bridgehead atoms. The quantitative estimate of drug-likeness (QED) is 0.723. The van der Waals surface area contributed by atoms with E-state index in [1.54, 1.807) is 27.4 Å². The number of hydrogen-bond acceptors (Lipinski definition) is 3. The smallest absolute Gasteiger partial charge is 0.157 e. The van der Waals surface area contributed by atoms with Gasteiger partial charge in [0.1, 0.15) is 50.0 Å². The van der Waals surface area contributed by atoms with Crippen LogP contribution in [-0.4, -0.2) is 31.2 Å². The molecular weight excluding hydrogens is 318 g/mol. The van der Waals surface area contributed by atoms with Crippen molar-refractivity contribution in [3.63, 3.8) is 0 Å². The van der Waals surface area contributed by atoms with Crippen molar-refractivity contribution in [3.8, 4) is 10.6 Å². The Bertz CT molecular complexity index is 746. The van der Waals surface area contributed by atoms with Gasteiger partial charge in [-0.25, -0.2) is 4.98 Å². The molecule has 1 aliphatic rings. The van der Waals surface area contributed by atoms with Crippen molar-refractivity contribution in [2.75, 3.05) is 26.2 Å². The van der Waals surface area contributed by atoms with E-state index in [0.29, 0.717) is 0 Å². The molecule has 0 spiro atoms. The van der Waals surface area contributed by atoms with Crippen LogP contribution >= 0.6 is 11.3 Å². The molecule has 0 aliphatic carbocycles. The van der Waals surface area contributed by atoms with Crippen LogP contribution in [0.5, 0.6) is 0 Å². The van der Waals surface area contributed by atoms with Crippen LogP contribution in [0.3, 0.4) is 0 Å². The minimum atomic E-state index is 1.01. The maximum atomic E-state index is 5.47. The minimum absolute atomic E-state index is 1.01. The number of furan rings is 1. The van der Waals surface area contributed by atoms with Crippen LogP contribution in [0.4, 0.5) is 0 Å². The fourth-order valence-corrected chi connectivity index (χ4v) is 4.15. The minimum Gasteiger partial charge on any atom is -0.463 e. The molecule has 2 aromatic heterocycles. The second-order valence-corrected chi connectivity index (χ2v) is 7.30. The molecule has 1 aromatic carbocycles. The number of thiazole rings is 1. The van der Waals surface area contributed by atoms with Gasteiger partial charge in [-0.3, -0.25) is 0 Å². The van der Waals surface area contributed by atoms with Gasteiger partial charge in [-0.1, -0.05) is 30.3 Å². The van der Waals surface area contributed by atoms with E-state index in [0.717, 1.165) is 23.9 Å². The van der Waals surface area contributed by atoms with Gasteiger partial charge in [0.15, 0.2) is 5.76 Å². The second kappa shape index (κ2) is 7.30. The number of piperazine rings is 1. The maximum Gasteiger partial charge on any atom is 0.157 e. The average Bonchev–Trinajstić information content (AvgIpc) is 3.29. The van der Waals surface area contributed by atoms with Crippen molar-refractivity contribution in [2.24, 2.45) is 0 Å². The Balaban J connectivity index is 1.30. The Morgan fingerprint density at radius 1 is 0.917 bits per heavy atom. The van der Waals surface area contributed by atoms with Crippen LogP contribution in [-0.2, 0) is 13.1 Å². The predicted molar refractivity (Wildman–Crippen MR) is 95.1 cm³/mol. The molecule has 0 atom stereocenters. The van der Waals surface area contributed by atoms with Gasteiger partial charge in [-0.2, -0.15) is 0 Å². The van der Waals surface area contributed by atoms with Crippen molar-refractivity contribution >= 4 is 11.3 Å². The number of nitrogens with one attached hydrogen (secondary N) is 2. The number of aromatic nitrogens is 1. The van der Waals surface area contributed by atoms with E-state index in [4.69, 9.17) is 9.40 Å². The number of nitrogens with zero attached hydrogens (tertiary/aromatic N) is 1. The fourth-order valence-electron chi connectivity index (χ4n) is 3.33. The molecule has 0 radical (unpaired) electrons. The van der Waals surface area contributed by atoms with Crippen LogP contribution in [0.15, 0.2) is 58.5 Å². The number of hydrogen-bond donors (Lipinski definition) is 2. The zero-order valence-electron chi connectivity index (χ0n) is 13.7. The fraction of sp³-hybridized carbons (Fsp3) is 0.316. The van der Waals surface area contributed by atoms with E-state index in [-0.39, 0.29) is 0 Å². The van der Waals surface area contributed by atoms with E-state index in [1.807, 2.05) is 12.1 Å². The molecule has 3 aromatic rings. The summed E-state index contributed by atoms with van der Waals surface area (Å²) in [4.78, 5) is 8.09. The summed E-state index contributed by atoms with van der Waals surface area (Å²) in [6.07, 6.45) is 1.77. The molecule has 1 fully saturated rings. The molecule has 3 heterocycles. The van der Waals surface area contributed by atoms with E-state index < -0.39 is 0 Å². The third-order valence-electron chi connectivity index (χ3n) is 4.67. The lowest BCUT2D eigenvalue weighted by Crippen LogP contribution is -3.27. The Hall–Kier alpha value is -1.95. The summed E-state index contributed by atoms with van der Waals surface area (Å²) >= 11 is 1.75. The standard InChI is InChI=1S/C19H21N3OS/c1-2-5-16(6-3-1)19-20-17(15-24-19)13-21-8-10-22(11-9-21)14-18-7-4-12-23-18/h1-7,12,15H,8-11,13-14H2/p+2. The van der Waals surface area contributed by atoms with Crippen molar-refractivity contribution < 1.29 is 14.2 Å². The summed E-state index contributed by atoms with van der Waals surface area (Å²) in [6.45, 7) is 6.85. The SMILES string of the molecule is c1ccc(-c2nc(C[NH+]3CC[NH+](Cc4ccco4)CC3)cs2)cc1. The number of quaternary nitrogens is 2. The summed E-state index contributed by atoms with van der Waals surface area (Å²) in [5.74, 6) is 1.10. The van der Waals surface area contributed by atoms with Crippen molar-refractivity contribution in [3.05, 3.63) is 65.6 Å². The largest absolute Gasteiger partial charge is 0.463 e. The average molecular weight is 341 g/mol. The predicted octanol–water partition coefficient (Wildman–Crippen LogP) is 0.887. The Morgan fingerprint density at radius 3 is 2.38 bits per heavy atom. The first-order valence-corrected chi connectivity index (χ1v) is 9.44. The van der Waals surface area contributed by atoms with Gasteiger partial charge in [-0.05, 0) is 12.1 Å². The molecule has 1 saturated heterocycles. The first kappa shape index (κ1) is 15.6. The van der Waals surface area contributed by atoms with Gasteiger partial charge in [0.25, 0.3) is 0 Å². The lowest BCUT2D eigenvalue weighted by molar-refractivity contribution is -1.02. The monoisotopic (exact) mass is 341 g/mol. The highest BCUT2D eigenvalue weighted by Gasteiger charge is 2.24. The Labute approximate surface area is 146 Å². The second-order valence-electron chi connectivity index (χ2n) is 6.44. The first-order chi connectivity index (χ1) is 11.9. The molecule has 4 rings (SSSR count). The van der Waals surface area contributed by atoms with Crippen molar-refractivity contribution in [1.29, 1.82) is 0 Å². The van der Waals surface area contributed by atoms with Gasteiger partial charge in [-0.15, -0.1) is 11.3 Å². The van der Waals surface area contributed by atoms with E-state index >= 15 is 0 Å². The zero-order valence-corrected chi connectivity index (χ0v) is 14.5. The highest BCUT2D eigenvalue weighted by Crippen LogP contribution is 2.22. The van der Waals surface area contributed by atoms with Gasteiger partial charge >= 0.3 is 0 Å². The molecule has 5 heteroatoms. The first-order valence-electron chi connectivity index (χ1n) is 8.56. The molecule has 2 N–H and O–H groups in total. The summed E-state index contributed by atoms with van der Waals surface area (Å²) in [5.41, 5.74) is 2.44. The summed E-state index contributed by atoms with van der Waals surface area (Å²) in [6, 6.07) is 14.5. The van der Waals surface area contributed by atoms with Gasteiger partial charge in [0.2, 0.25) is 0 Å². The van der Waals surface area contributed by atoms with Crippen LogP contribution in [0.25, 0.3) is 10.6 Å². The normalized spacial score (nSPS) is 21.0. The van der Waals surface area contributed by atoms with Crippen LogP contribution in [0, 0.1) is 0 Å². The van der Waals surface area contributed by atoms with Gasteiger partial charge in [0.05, 0.1) is 6.26 Å². The topological polar surface area (TPSA) is 34.9 Å². The third-order valence-corrected chi connectivity index (χ3v) is 5.61. The van der Waals surface area contributed by atoms with Crippen LogP contribution in [0.2, 0.25) is 0 Å². The molecule has 124 valence electrons. The Morgan fingerprint density at radius 2 is 1.67 bits per heavy atom. The number of rotatable bonds is 5. The molecule has 0 unspecified atom stereocenters. The molecule has 4 nitrogen and oxygen atoms in total. The van der Waals surface area contributed by atoms with E-state index in [1.165, 1.54) is 37.4 Å². The number of benzene rings is 1. The van der Waals surface area contributed by atoms with Crippen LogP contribution in [0.1, 0.15) is 11.5 Å². The molecule has 0 saturated carbocycles. The lowest BCUT2D eigenvalue weighted by Gasteiger charge is -2.28. The third kappa shape index (κ3) is 3.75. The van der Waals surface area contributed by atoms with Gasteiger partial charge < -0.3 is 14.2 Å². The molecular formula is C19H23N3OS+2. The van der Waals surface area contributed by atoms with Crippen molar-refractivity contribution in [2.45, 2.75) is 13.1 Å². The highest BCUT2D eigenvalue weighted by molar-refractivity contribution is 7.13. The highest BCUT2D eigenvalue weighted by atomic mass is 32.1. The molecule has 24 heavy (non-hydrogen) atoms. The Kier molecular flexibility index (Phi) is 4.74. The van der Waals surface area contributed by atoms with Gasteiger partial charge in [0, 0.05) is 10.9 Å². The summed E-state index contributed by atoms with van der Waals surface area (Å²) in [7, 11) is 0. The summed E-state index contributed by atoms with van der Waals surface area (Å²) in [5, 5.41) is 3.35. The molecule has 0 amide bonds. The van der Waals surface area contributed by atoms with E-state index in [9.17, 15) is 0 Å². The molecule has 1 aliphatic heterocycles.